The zero-order valence-electron chi connectivity index (χ0n) is 13.1. The molecule has 3 rings (SSSR count). The van der Waals surface area contributed by atoms with Crippen LogP contribution in [0.2, 0.25) is 5.02 Å². The first-order valence-corrected chi connectivity index (χ1v) is 8.02. The summed E-state index contributed by atoms with van der Waals surface area (Å²) in [4.78, 5) is 24.6. The number of halogens is 1. The summed E-state index contributed by atoms with van der Waals surface area (Å²) in [5.41, 5.74) is 3.22. The number of rotatable bonds is 3. The van der Waals surface area contributed by atoms with Crippen LogP contribution in [0.1, 0.15) is 36.2 Å². The molecule has 1 amide bonds. The minimum Gasteiger partial charge on any atom is -0.324 e. The van der Waals surface area contributed by atoms with Gasteiger partial charge in [0.15, 0.2) is 0 Å². The number of carbonyl (C=O) groups excluding carboxylic acids is 1. The molecule has 1 aromatic heterocycles. The fourth-order valence-corrected chi connectivity index (χ4v) is 2.90. The molecule has 0 bridgehead atoms. The molecule has 1 aliphatic carbocycles. The number of aromatic nitrogens is 2. The van der Waals surface area contributed by atoms with Crippen molar-refractivity contribution in [3.8, 4) is 0 Å². The summed E-state index contributed by atoms with van der Waals surface area (Å²) in [6, 6.07) is 6.23. The van der Waals surface area contributed by atoms with Crippen LogP contribution in [0.15, 0.2) is 29.1 Å². The topological polar surface area (TPSA) is 64.0 Å². The maximum Gasteiger partial charge on any atom is 0.267 e. The lowest BCUT2D eigenvalue weighted by atomic mass is 10.2. The van der Waals surface area contributed by atoms with Crippen LogP contribution in [0.3, 0.4) is 0 Å². The summed E-state index contributed by atoms with van der Waals surface area (Å²) in [6.45, 7) is 3.56. The predicted octanol–water partition coefficient (Wildman–Crippen LogP) is 2.89. The zero-order valence-corrected chi connectivity index (χ0v) is 13.9. The molecule has 2 aromatic rings. The van der Waals surface area contributed by atoms with Crippen molar-refractivity contribution in [1.82, 2.24) is 9.78 Å². The van der Waals surface area contributed by atoms with Crippen LogP contribution in [0.25, 0.3) is 0 Å². The van der Waals surface area contributed by atoms with Crippen molar-refractivity contribution >= 4 is 23.2 Å². The Morgan fingerprint density at radius 3 is 2.87 bits per heavy atom. The molecule has 0 radical (unpaired) electrons. The van der Waals surface area contributed by atoms with Crippen molar-refractivity contribution in [2.24, 2.45) is 0 Å². The second-order valence-corrected chi connectivity index (χ2v) is 6.29. The highest BCUT2D eigenvalue weighted by atomic mass is 35.5. The monoisotopic (exact) mass is 331 g/mol. The van der Waals surface area contributed by atoms with Crippen molar-refractivity contribution in [2.75, 3.05) is 5.32 Å². The lowest BCUT2D eigenvalue weighted by Gasteiger charge is -2.15. The summed E-state index contributed by atoms with van der Waals surface area (Å²) >= 11 is 6.06. The van der Waals surface area contributed by atoms with Gasteiger partial charge in [-0.15, -0.1) is 0 Å². The van der Waals surface area contributed by atoms with E-state index in [1.54, 1.807) is 25.1 Å². The molecule has 0 aliphatic heterocycles. The third-order valence-corrected chi connectivity index (χ3v) is 4.58. The molecule has 0 fully saturated rings. The average Bonchev–Trinajstić information content (AvgIpc) is 2.96. The Hall–Kier alpha value is -2.14. The Bertz CT molecular complexity index is 829. The molecule has 1 aliphatic rings. The molecule has 1 heterocycles. The number of nitrogens with one attached hydrogen (secondary N) is 1. The first-order valence-electron chi connectivity index (χ1n) is 7.64. The van der Waals surface area contributed by atoms with Gasteiger partial charge in [0.25, 0.3) is 5.56 Å². The fraction of sp³-hybridized carbons (Fsp3) is 0.353. The average molecular weight is 332 g/mol. The number of hydrogen-bond donors (Lipinski definition) is 1. The number of fused-ring (bicyclic) bond motifs is 1. The van der Waals surface area contributed by atoms with E-state index in [1.807, 2.05) is 13.0 Å². The van der Waals surface area contributed by atoms with E-state index in [0.717, 1.165) is 36.1 Å². The van der Waals surface area contributed by atoms with Gasteiger partial charge in [0, 0.05) is 16.8 Å². The minimum absolute atomic E-state index is 0.241. The molecule has 1 N–H and O–H groups in total. The van der Waals surface area contributed by atoms with Gasteiger partial charge in [-0.25, -0.2) is 4.68 Å². The van der Waals surface area contributed by atoms with Crippen molar-refractivity contribution < 1.29 is 4.79 Å². The Kier molecular flexibility index (Phi) is 4.22. The lowest BCUT2D eigenvalue weighted by Crippen LogP contribution is -2.34. The molecule has 23 heavy (non-hydrogen) atoms. The molecule has 120 valence electrons. The number of aryl methyl sites for hydroxylation is 3. The van der Waals surface area contributed by atoms with Gasteiger partial charge in [-0.1, -0.05) is 17.7 Å². The summed E-state index contributed by atoms with van der Waals surface area (Å²) in [7, 11) is 0. The van der Waals surface area contributed by atoms with Gasteiger partial charge in [-0.2, -0.15) is 5.10 Å². The van der Waals surface area contributed by atoms with Crippen molar-refractivity contribution in [2.45, 2.75) is 39.2 Å². The molecule has 6 heteroatoms. The summed E-state index contributed by atoms with van der Waals surface area (Å²) < 4.78 is 1.26. The maximum absolute atomic E-state index is 12.4. The van der Waals surface area contributed by atoms with Crippen LogP contribution in [-0.4, -0.2) is 15.7 Å². The summed E-state index contributed by atoms with van der Waals surface area (Å²) in [5.74, 6) is -0.294. The summed E-state index contributed by atoms with van der Waals surface area (Å²) in [6.07, 6.45) is 2.76. The predicted molar refractivity (Wildman–Crippen MR) is 90.1 cm³/mol. The Balaban J connectivity index is 1.82. The molecule has 1 aromatic carbocycles. The number of anilines is 1. The van der Waals surface area contributed by atoms with Crippen LogP contribution in [-0.2, 0) is 17.6 Å². The lowest BCUT2D eigenvalue weighted by molar-refractivity contribution is -0.119. The largest absolute Gasteiger partial charge is 0.324 e. The van der Waals surface area contributed by atoms with Crippen molar-refractivity contribution in [3.63, 3.8) is 0 Å². The van der Waals surface area contributed by atoms with E-state index in [0.29, 0.717) is 10.7 Å². The molecule has 0 spiro atoms. The van der Waals surface area contributed by atoms with E-state index in [9.17, 15) is 9.59 Å². The molecule has 1 unspecified atom stereocenters. The van der Waals surface area contributed by atoms with Gasteiger partial charge in [0.1, 0.15) is 6.04 Å². The second kappa shape index (κ2) is 6.16. The van der Waals surface area contributed by atoms with E-state index in [2.05, 4.69) is 10.4 Å². The second-order valence-electron chi connectivity index (χ2n) is 5.88. The third-order valence-electron chi connectivity index (χ3n) is 4.17. The SMILES string of the molecule is Cc1ccc(NC(=O)C(C)n2nc3c(cc2=O)CCC3)cc1Cl. The number of amides is 1. The maximum atomic E-state index is 12.4. The number of hydrogen-bond acceptors (Lipinski definition) is 3. The molecule has 0 saturated carbocycles. The van der Waals surface area contributed by atoms with E-state index in [-0.39, 0.29) is 11.5 Å². The molecular weight excluding hydrogens is 314 g/mol. The smallest absolute Gasteiger partial charge is 0.267 e. The van der Waals surface area contributed by atoms with Gasteiger partial charge in [0.2, 0.25) is 5.91 Å². The Morgan fingerprint density at radius 1 is 1.35 bits per heavy atom. The van der Waals surface area contributed by atoms with Gasteiger partial charge in [0.05, 0.1) is 5.69 Å². The van der Waals surface area contributed by atoms with Gasteiger partial charge < -0.3 is 5.32 Å². The number of nitrogens with zero attached hydrogens (tertiary/aromatic N) is 2. The van der Waals surface area contributed by atoms with E-state index >= 15 is 0 Å². The molecule has 0 saturated heterocycles. The molecule has 1 atom stereocenters. The van der Waals surface area contributed by atoms with Crippen molar-refractivity contribution in [1.29, 1.82) is 0 Å². The molecular formula is C17H18ClN3O2. The molecule has 5 nitrogen and oxygen atoms in total. The summed E-state index contributed by atoms with van der Waals surface area (Å²) in [5, 5.41) is 7.73. The van der Waals surface area contributed by atoms with E-state index in [4.69, 9.17) is 11.6 Å². The van der Waals surface area contributed by atoms with Crippen LogP contribution < -0.4 is 10.9 Å². The zero-order chi connectivity index (χ0) is 16.6. The highest BCUT2D eigenvalue weighted by Crippen LogP contribution is 2.21. The number of carbonyl (C=O) groups is 1. The van der Waals surface area contributed by atoms with Crippen LogP contribution in [0.5, 0.6) is 0 Å². The van der Waals surface area contributed by atoms with Crippen LogP contribution in [0, 0.1) is 6.92 Å². The van der Waals surface area contributed by atoms with Crippen LogP contribution >= 0.6 is 11.6 Å². The number of benzene rings is 1. The van der Waals surface area contributed by atoms with Gasteiger partial charge in [-0.05, 0) is 56.4 Å². The van der Waals surface area contributed by atoms with E-state index < -0.39 is 6.04 Å². The minimum atomic E-state index is -0.687. The highest BCUT2D eigenvalue weighted by molar-refractivity contribution is 6.31. The first-order chi connectivity index (χ1) is 11.0. The quantitative estimate of drug-likeness (QED) is 0.940. The van der Waals surface area contributed by atoms with Crippen LogP contribution in [0.4, 0.5) is 5.69 Å². The van der Waals surface area contributed by atoms with Gasteiger partial charge in [-0.3, -0.25) is 9.59 Å². The normalized spacial score (nSPS) is 14.4. The van der Waals surface area contributed by atoms with Crippen molar-refractivity contribution in [3.05, 3.63) is 56.5 Å². The van der Waals surface area contributed by atoms with Gasteiger partial charge >= 0.3 is 0 Å². The highest BCUT2D eigenvalue weighted by Gasteiger charge is 2.21. The Labute approximate surface area is 139 Å². The first kappa shape index (κ1) is 15.7. The standard InChI is InChI=1S/C17H18ClN3O2/c1-10-6-7-13(9-14(10)18)19-17(23)11(2)21-16(22)8-12-4-3-5-15(12)20-21/h6-9,11H,3-5H2,1-2H3,(H,19,23). The fourth-order valence-electron chi connectivity index (χ4n) is 2.72. The Morgan fingerprint density at radius 2 is 2.13 bits per heavy atom. The van der Waals surface area contributed by atoms with E-state index in [1.165, 1.54) is 4.68 Å². The third kappa shape index (κ3) is 3.15.